The van der Waals surface area contributed by atoms with E-state index in [2.05, 4.69) is 55.7 Å². The Balaban J connectivity index is 2.67. The van der Waals surface area contributed by atoms with E-state index in [1.165, 1.54) is 0 Å². The number of hydrogen-bond donors (Lipinski definition) is 1. The predicted octanol–water partition coefficient (Wildman–Crippen LogP) is 3.55. The minimum Gasteiger partial charge on any atom is -0.331 e. The normalized spacial score (nSPS) is 12.3. The Kier molecular flexibility index (Phi) is 5.86. The van der Waals surface area contributed by atoms with Crippen molar-refractivity contribution < 1.29 is 0 Å². The third-order valence-electron chi connectivity index (χ3n) is 4.02. The molecule has 0 amide bonds. The Hall–Kier alpha value is -0.830. The van der Waals surface area contributed by atoms with Gasteiger partial charge in [-0.1, -0.05) is 34.6 Å². The maximum atomic E-state index is 4.52. The van der Waals surface area contributed by atoms with Gasteiger partial charge in [0, 0.05) is 18.3 Å². The quantitative estimate of drug-likeness (QED) is 0.765. The van der Waals surface area contributed by atoms with E-state index in [0.29, 0.717) is 5.92 Å². The summed E-state index contributed by atoms with van der Waals surface area (Å²) in [5.41, 5.74) is 1.40. The van der Waals surface area contributed by atoms with Crippen molar-refractivity contribution in [3.05, 3.63) is 18.2 Å². The third kappa shape index (κ3) is 3.58. The fraction of sp³-hybridized carbons (Fsp3) is 0.800. The first kappa shape index (κ1) is 15.2. The maximum absolute atomic E-state index is 4.52. The molecule has 1 N–H and O–H groups in total. The van der Waals surface area contributed by atoms with Crippen molar-refractivity contribution in [1.29, 1.82) is 0 Å². The molecular formula is C15H29N3. The van der Waals surface area contributed by atoms with Gasteiger partial charge >= 0.3 is 0 Å². The van der Waals surface area contributed by atoms with Crippen LogP contribution < -0.4 is 5.32 Å². The smallest absolute Gasteiger partial charge is 0.0955 e. The number of imidazole rings is 1. The molecule has 0 radical (unpaired) electrons. The van der Waals surface area contributed by atoms with Crippen LogP contribution in [0.4, 0.5) is 0 Å². The van der Waals surface area contributed by atoms with Crippen molar-refractivity contribution in [3.63, 3.8) is 0 Å². The van der Waals surface area contributed by atoms with Crippen LogP contribution in [0.25, 0.3) is 0 Å². The molecule has 104 valence electrons. The van der Waals surface area contributed by atoms with Crippen LogP contribution in [0.5, 0.6) is 0 Å². The second kappa shape index (κ2) is 6.93. The molecule has 0 atom stereocenters. The molecule has 1 heterocycles. The molecule has 0 spiro atoms. The number of nitrogens with zero attached hydrogens (tertiary/aromatic N) is 2. The summed E-state index contributed by atoms with van der Waals surface area (Å²) in [5, 5.41) is 3.44. The average molecular weight is 251 g/mol. The highest BCUT2D eigenvalue weighted by molar-refractivity contribution is 5.01. The van der Waals surface area contributed by atoms with Gasteiger partial charge in [0.1, 0.15) is 0 Å². The Morgan fingerprint density at radius 3 is 2.33 bits per heavy atom. The topological polar surface area (TPSA) is 29.9 Å². The summed E-state index contributed by atoms with van der Waals surface area (Å²) in [6.07, 6.45) is 7.70. The standard InChI is InChI=1S/C15H29N3/c1-6-15(7-2,8-3)18-11-14(17-12-18)10-16-9-13(4)5/h11-13,16H,6-10H2,1-5H3. The zero-order valence-corrected chi connectivity index (χ0v) is 12.7. The average Bonchev–Trinajstić information content (AvgIpc) is 2.81. The number of aromatic nitrogens is 2. The van der Waals surface area contributed by atoms with Crippen LogP contribution in [-0.4, -0.2) is 16.1 Å². The zero-order valence-electron chi connectivity index (χ0n) is 12.7. The second-order valence-corrected chi connectivity index (χ2v) is 5.58. The lowest BCUT2D eigenvalue weighted by atomic mass is 9.89. The molecule has 18 heavy (non-hydrogen) atoms. The fourth-order valence-corrected chi connectivity index (χ4v) is 2.50. The molecule has 3 nitrogen and oxygen atoms in total. The summed E-state index contributed by atoms with van der Waals surface area (Å²) in [5.74, 6) is 0.688. The first-order valence-corrected chi connectivity index (χ1v) is 7.32. The van der Waals surface area contributed by atoms with Crippen molar-refractivity contribution in [2.75, 3.05) is 6.54 Å². The molecule has 0 saturated heterocycles. The van der Waals surface area contributed by atoms with E-state index in [4.69, 9.17) is 0 Å². The first-order valence-electron chi connectivity index (χ1n) is 7.32. The minimum absolute atomic E-state index is 0.253. The molecule has 0 saturated carbocycles. The molecule has 0 aliphatic heterocycles. The van der Waals surface area contributed by atoms with E-state index < -0.39 is 0 Å². The Bertz CT molecular complexity index is 329. The summed E-state index contributed by atoms with van der Waals surface area (Å²) in [4.78, 5) is 4.52. The lowest BCUT2D eigenvalue weighted by Gasteiger charge is -2.32. The molecule has 0 unspecified atom stereocenters. The van der Waals surface area contributed by atoms with Gasteiger partial charge < -0.3 is 9.88 Å². The van der Waals surface area contributed by atoms with Gasteiger partial charge in [0.15, 0.2) is 0 Å². The molecule has 0 aliphatic carbocycles. The molecule has 0 fully saturated rings. The number of rotatable bonds is 8. The van der Waals surface area contributed by atoms with Crippen molar-refractivity contribution >= 4 is 0 Å². The lowest BCUT2D eigenvalue weighted by Crippen LogP contribution is -2.30. The fourth-order valence-electron chi connectivity index (χ4n) is 2.50. The van der Waals surface area contributed by atoms with Crippen LogP contribution in [-0.2, 0) is 12.1 Å². The molecule has 1 aromatic rings. The monoisotopic (exact) mass is 251 g/mol. The van der Waals surface area contributed by atoms with Gasteiger partial charge in [-0.3, -0.25) is 0 Å². The van der Waals surface area contributed by atoms with Gasteiger partial charge in [-0.25, -0.2) is 4.98 Å². The highest BCUT2D eigenvalue weighted by atomic mass is 15.1. The number of nitrogens with one attached hydrogen (secondary N) is 1. The summed E-state index contributed by atoms with van der Waals surface area (Å²) in [6, 6.07) is 0. The molecule has 0 aliphatic rings. The molecular weight excluding hydrogens is 222 g/mol. The highest BCUT2D eigenvalue weighted by Crippen LogP contribution is 2.28. The number of hydrogen-bond acceptors (Lipinski definition) is 2. The first-order chi connectivity index (χ1) is 8.57. The van der Waals surface area contributed by atoms with E-state index in [1.54, 1.807) is 0 Å². The van der Waals surface area contributed by atoms with Gasteiger partial charge in [-0.15, -0.1) is 0 Å². The molecule has 1 aromatic heterocycles. The zero-order chi connectivity index (χ0) is 13.6. The largest absolute Gasteiger partial charge is 0.331 e. The van der Waals surface area contributed by atoms with E-state index in [9.17, 15) is 0 Å². The van der Waals surface area contributed by atoms with Gasteiger partial charge in [0.2, 0.25) is 0 Å². The SMILES string of the molecule is CCC(CC)(CC)n1cnc(CNCC(C)C)c1. The van der Waals surface area contributed by atoms with Crippen molar-refractivity contribution in [2.24, 2.45) is 5.92 Å². The van der Waals surface area contributed by atoms with Gasteiger partial charge in [-0.05, 0) is 31.7 Å². The molecule has 0 bridgehead atoms. The van der Waals surface area contributed by atoms with Gasteiger partial charge in [-0.2, -0.15) is 0 Å². The minimum atomic E-state index is 0.253. The highest BCUT2D eigenvalue weighted by Gasteiger charge is 2.25. The van der Waals surface area contributed by atoms with Gasteiger partial charge in [0.05, 0.1) is 12.0 Å². The molecule has 3 heteroatoms. The van der Waals surface area contributed by atoms with E-state index >= 15 is 0 Å². The van der Waals surface area contributed by atoms with Crippen LogP contribution in [0.2, 0.25) is 0 Å². The third-order valence-corrected chi connectivity index (χ3v) is 4.02. The summed E-state index contributed by atoms with van der Waals surface area (Å²) < 4.78 is 2.32. The maximum Gasteiger partial charge on any atom is 0.0955 e. The van der Waals surface area contributed by atoms with Crippen molar-refractivity contribution in [3.8, 4) is 0 Å². The Morgan fingerprint density at radius 1 is 1.22 bits per heavy atom. The van der Waals surface area contributed by atoms with E-state index in [-0.39, 0.29) is 5.54 Å². The predicted molar refractivity (Wildman–Crippen MR) is 77.6 cm³/mol. The molecule has 0 aromatic carbocycles. The summed E-state index contributed by atoms with van der Waals surface area (Å²) >= 11 is 0. The lowest BCUT2D eigenvalue weighted by molar-refractivity contribution is 0.250. The Labute approximate surface area is 112 Å². The summed E-state index contributed by atoms with van der Waals surface area (Å²) in [6.45, 7) is 13.2. The molecule has 1 rings (SSSR count). The summed E-state index contributed by atoms with van der Waals surface area (Å²) in [7, 11) is 0. The van der Waals surface area contributed by atoms with Crippen LogP contribution in [0.1, 0.15) is 59.6 Å². The van der Waals surface area contributed by atoms with Crippen LogP contribution >= 0.6 is 0 Å². The van der Waals surface area contributed by atoms with E-state index in [0.717, 1.165) is 38.0 Å². The van der Waals surface area contributed by atoms with Crippen LogP contribution in [0, 0.1) is 5.92 Å². The van der Waals surface area contributed by atoms with Crippen LogP contribution in [0.15, 0.2) is 12.5 Å². The van der Waals surface area contributed by atoms with Crippen molar-refractivity contribution in [2.45, 2.75) is 66.0 Å². The Morgan fingerprint density at radius 2 is 1.83 bits per heavy atom. The van der Waals surface area contributed by atoms with Crippen molar-refractivity contribution in [1.82, 2.24) is 14.9 Å². The van der Waals surface area contributed by atoms with Gasteiger partial charge in [0.25, 0.3) is 0 Å². The van der Waals surface area contributed by atoms with Crippen LogP contribution in [0.3, 0.4) is 0 Å². The van der Waals surface area contributed by atoms with E-state index in [1.807, 2.05) is 6.33 Å². The second-order valence-electron chi connectivity index (χ2n) is 5.58.